The minimum atomic E-state index is -0.310. The van der Waals surface area contributed by atoms with Gasteiger partial charge in [0.15, 0.2) is 0 Å². The van der Waals surface area contributed by atoms with Gasteiger partial charge in [0.1, 0.15) is 0 Å². The van der Waals surface area contributed by atoms with Crippen molar-refractivity contribution < 1.29 is 9.53 Å². The number of carbonyl (C=O) groups is 1. The molecule has 0 aliphatic carbocycles. The Hall–Kier alpha value is -3.52. The van der Waals surface area contributed by atoms with Gasteiger partial charge in [-0.2, -0.15) is 10.1 Å². The van der Waals surface area contributed by atoms with Crippen LogP contribution in [0.1, 0.15) is 29.2 Å². The fraction of sp³-hybridized carbons (Fsp3) is 0.273. The molecule has 8 nitrogen and oxygen atoms in total. The predicted octanol–water partition coefficient (Wildman–Crippen LogP) is 2.86. The van der Waals surface area contributed by atoms with Crippen LogP contribution in [0, 0.1) is 0 Å². The molecule has 1 fully saturated rings. The first kappa shape index (κ1) is 18.5. The number of rotatable bonds is 3. The average Bonchev–Trinajstić information content (AvgIpc) is 3.37. The van der Waals surface area contributed by atoms with Gasteiger partial charge in [0.25, 0.3) is 5.91 Å². The summed E-state index contributed by atoms with van der Waals surface area (Å²) in [5.74, 6) is -0.310. The summed E-state index contributed by atoms with van der Waals surface area (Å²) < 4.78 is 9.37. The van der Waals surface area contributed by atoms with E-state index in [1.807, 2.05) is 31.4 Å². The maximum Gasteiger partial charge on any atom is 0.280 e. The number of aryl methyl sites for hydroxylation is 1. The van der Waals surface area contributed by atoms with Gasteiger partial charge in [0.2, 0.25) is 5.62 Å². The molecule has 5 rings (SSSR count). The summed E-state index contributed by atoms with van der Waals surface area (Å²) in [7, 11) is 1.85. The van der Waals surface area contributed by atoms with Crippen molar-refractivity contribution in [2.24, 2.45) is 12.0 Å². The number of hydrogen-bond donors (Lipinski definition) is 1. The number of fused-ring (bicyclic) bond motifs is 1. The number of nitrogens with one attached hydrogen (secondary N) is 1. The second-order valence-electron chi connectivity index (χ2n) is 7.43. The van der Waals surface area contributed by atoms with Crippen LogP contribution < -0.4 is 5.62 Å². The number of ether oxygens (including phenoxy) is 1. The highest BCUT2D eigenvalue weighted by molar-refractivity contribution is 5.95. The molecular formula is C22H22N6O2. The Labute approximate surface area is 172 Å². The van der Waals surface area contributed by atoms with E-state index in [9.17, 15) is 4.79 Å². The Balaban J connectivity index is 1.57. The van der Waals surface area contributed by atoms with Crippen LogP contribution in [0.3, 0.4) is 0 Å². The number of nitrogens with zero attached hydrogens (tertiary/aromatic N) is 5. The van der Waals surface area contributed by atoms with E-state index in [1.165, 1.54) is 0 Å². The van der Waals surface area contributed by atoms with E-state index < -0.39 is 0 Å². The van der Waals surface area contributed by atoms with Gasteiger partial charge < -0.3 is 14.3 Å². The van der Waals surface area contributed by atoms with E-state index in [0.29, 0.717) is 30.1 Å². The molecule has 0 saturated carbocycles. The van der Waals surface area contributed by atoms with E-state index in [-0.39, 0.29) is 11.9 Å². The number of imidazole rings is 1. The molecule has 1 aliphatic rings. The lowest BCUT2D eigenvalue weighted by Gasteiger charge is -2.24. The molecule has 0 spiro atoms. The molecule has 0 unspecified atom stereocenters. The zero-order valence-electron chi connectivity index (χ0n) is 16.7. The summed E-state index contributed by atoms with van der Waals surface area (Å²) in [4.78, 5) is 25.2. The highest BCUT2D eigenvalue weighted by Gasteiger charge is 2.20. The molecule has 3 aromatic heterocycles. The summed E-state index contributed by atoms with van der Waals surface area (Å²) >= 11 is 0. The van der Waals surface area contributed by atoms with Gasteiger partial charge in [-0.3, -0.25) is 14.5 Å². The lowest BCUT2D eigenvalue weighted by Crippen LogP contribution is -2.29. The van der Waals surface area contributed by atoms with Crippen LogP contribution in [0.25, 0.3) is 22.3 Å². The predicted molar refractivity (Wildman–Crippen MR) is 112 cm³/mol. The van der Waals surface area contributed by atoms with Crippen LogP contribution in [0.2, 0.25) is 0 Å². The van der Waals surface area contributed by atoms with Crippen LogP contribution in [-0.4, -0.2) is 43.4 Å². The largest absolute Gasteiger partial charge is 0.381 e. The second-order valence-corrected chi connectivity index (χ2v) is 7.43. The number of carbonyl (C=O) groups excluding carboxylic acids is 1. The molecule has 1 aromatic carbocycles. The first-order valence-corrected chi connectivity index (χ1v) is 10.0. The molecule has 4 aromatic rings. The molecule has 1 amide bonds. The molecule has 152 valence electrons. The molecule has 1 N–H and O–H groups in total. The zero-order chi connectivity index (χ0) is 20.5. The minimum absolute atomic E-state index is 0.241. The normalized spacial score (nSPS) is 15.7. The van der Waals surface area contributed by atoms with Gasteiger partial charge in [-0.1, -0.05) is 12.1 Å². The maximum atomic E-state index is 13.0. The fourth-order valence-electron chi connectivity index (χ4n) is 3.91. The van der Waals surface area contributed by atoms with Crippen LogP contribution in [0.4, 0.5) is 0 Å². The minimum Gasteiger partial charge on any atom is -0.381 e. The first-order chi connectivity index (χ1) is 14.7. The molecule has 1 aliphatic heterocycles. The summed E-state index contributed by atoms with van der Waals surface area (Å²) in [6, 6.07) is 11.7. The van der Waals surface area contributed by atoms with E-state index >= 15 is 0 Å². The van der Waals surface area contributed by atoms with E-state index in [1.54, 1.807) is 29.2 Å². The zero-order valence-corrected chi connectivity index (χ0v) is 16.7. The first-order valence-electron chi connectivity index (χ1n) is 10.0. The summed E-state index contributed by atoms with van der Waals surface area (Å²) in [5.41, 5.74) is 4.60. The van der Waals surface area contributed by atoms with Gasteiger partial charge >= 0.3 is 0 Å². The van der Waals surface area contributed by atoms with Gasteiger partial charge in [-0.05, 0) is 37.1 Å². The lowest BCUT2D eigenvalue weighted by atomic mass is 10.1. The average molecular weight is 402 g/mol. The topological polar surface area (TPSA) is 90.1 Å². The van der Waals surface area contributed by atoms with Crippen molar-refractivity contribution in [1.29, 1.82) is 0 Å². The number of hydrogen-bond acceptors (Lipinski definition) is 4. The van der Waals surface area contributed by atoms with Crippen molar-refractivity contribution in [2.75, 3.05) is 13.2 Å². The number of H-pyrrole nitrogens is 1. The number of benzene rings is 1. The Kier molecular flexibility index (Phi) is 4.76. The SMILES string of the molecule is Cn1cc(-c2cc(C(=O)/N=c3\[nH]c4ccccc4n3C3CCOCC3)ccn2)cn1. The molecular weight excluding hydrogens is 380 g/mol. The van der Waals surface area contributed by atoms with Crippen molar-refractivity contribution in [2.45, 2.75) is 18.9 Å². The van der Waals surface area contributed by atoms with Gasteiger partial charge in [-0.15, -0.1) is 0 Å². The molecule has 1 saturated heterocycles. The number of pyridine rings is 1. The van der Waals surface area contributed by atoms with Crippen LogP contribution in [0.15, 0.2) is 60.0 Å². The maximum absolute atomic E-state index is 13.0. The van der Waals surface area contributed by atoms with Crippen LogP contribution >= 0.6 is 0 Å². The number of amides is 1. The van der Waals surface area contributed by atoms with Crippen LogP contribution in [-0.2, 0) is 11.8 Å². The molecule has 0 radical (unpaired) electrons. The van der Waals surface area contributed by atoms with Crippen molar-refractivity contribution >= 4 is 16.9 Å². The van der Waals surface area contributed by atoms with Gasteiger partial charge in [0, 0.05) is 49.8 Å². The van der Waals surface area contributed by atoms with E-state index in [4.69, 9.17) is 4.74 Å². The summed E-state index contributed by atoms with van der Waals surface area (Å²) in [6.07, 6.45) is 7.01. The molecule has 0 atom stereocenters. The lowest BCUT2D eigenvalue weighted by molar-refractivity contribution is 0.0695. The number of para-hydroxylation sites is 2. The van der Waals surface area contributed by atoms with E-state index in [0.717, 1.165) is 29.4 Å². The van der Waals surface area contributed by atoms with Crippen molar-refractivity contribution in [3.05, 3.63) is 66.2 Å². The van der Waals surface area contributed by atoms with Gasteiger partial charge in [0.05, 0.1) is 22.9 Å². The Morgan fingerprint density at radius 2 is 2.07 bits per heavy atom. The Morgan fingerprint density at radius 1 is 1.23 bits per heavy atom. The standard InChI is InChI=1S/C22H22N6O2/c1-27-14-16(13-24-27)19-12-15(6-9-23-19)21(29)26-22-25-18-4-2-3-5-20(18)28(22)17-7-10-30-11-8-17/h2-6,9,12-14,17H,7-8,10-11H2,1H3,(H,25,26,29). The smallest absolute Gasteiger partial charge is 0.280 e. The number of aromatic amines is 1. The Bertz CT molecular complexity index is 1280. The van der Waals surface area contributed by atoms with Crippen molar-refractivity contribution in [1.82, 2.24) is 24.3 Å². The summed E-state index contributed by atoms with van der Waals surface area (Å²) in [5, 5.41) is 4.17. The highest BCUT2D eigenvalue weighted by Crippen LogP contribution is 2.23. The molecule has 0 bridgehead atoms. The van der Waals surface area contributed by atoms with Crippen molar-refractivity contribution in [3.8, 4) is 11.3 Å². The summed E-state index contributed by atoms with van der Waals surface area (Å²) in [6.45, 7) is 1.42. The van der Waals surface area contributed by atoms with Crippen LogP contribution in [0.5, 0.6) is 0 Å². The molecule has 4 heterocycles. The second kappa shape index (κ2) is 7.72. The molecule has 30 heavy (non-hydrogen) atoms. The van der Waals surface area contributed by atoms with E-state index in [2.05, 4.69) is 30.7 Å². The van der Waals surface area contributed by atoms with Crippen molar-refractivity contribution in [3.63, 3.8) is 0 Å². The fourth-order valence-corrected chi connectivity index (χ4v) is 3.91. The van der Waals surface area contributed by atoms with Gasteiger partial charge in [-0.25, -0.2) is 0 Å². The third-order valence-corrected chi connectivity index (χ3v) is 5.41. The molecule has 8 heteroatoms. The third-order valence-electron chi connectivity index (χ3n) is 5.41. The number of aromatic nitrogens is 5. The monoisotopic (exact) mass is 402 g/mol. The highest BCUT2D eigenvalue weighted by atomic mass is 16.5. The third kappa shape index (κ3) is 3.46. The Morgan fingerprint density at radius 3 is 2.87 bits per heavy atom. The quantitative estimate of drug-likeness (QED) is 0.571.